The maximum absolute atomic E-state index is 12.5. The minimum Gasteiger partial charge on any atom is -0.386 e. The van der Waals surface area contributed by atoms with Crippen LogP contribution in [-0.2, 0) is 11.3 Å². The SMILES string of the molecule is CNc1cnc(N2CCC(N3CC(=O)Nc4ccccc4C3)CC2)cc1-c1ccc(=O)n(C(C)C)c1. The summed E-state index contributed by atoms with van der Waals surface area (Å²) in [6, 6.07) is 14.1. The predicted octanol–water partition coefficient (Wildman–Crippen LogP) is 3.96. The van der Waals surface area contributed by atoms with Crippen molar-refractivity contribution in [1.82, 2.24) is 14.5 Å². The first-order valence-corrected chi connectivity index (χ1v) is 12.7. The van der Waals surface area contributed by atoms with Crippen LogP contribution in [0.5, 0.6) is 0 Å². The molecule has 3 aromatic rings. The molecule has 2 N–H and O–H groups in total. The molecule has 0 spiro atoms. The zero-order valence-corrected chi connectivity index (χ0v) is 21.2. The summed E-state index contributed by atoms with van der Waals surface area (Å²) in [4.78, 5) is 34.2. The number of piperidine rings is 1. The van der Waals surface area contributed by atoms with E-state index in [0.717, 1.165) is 60.8 Å². The second-order valence-corrected chi connectivity index (χ2v) is 9.92. The van der Waals surface area contributed by atoms with Crippen LogP contribution in [0.3, 0.4) is 0 Å². The lowest BCUT2D eigenvalue weighted by atomic mass is 10.0. The minimum absolute atomic E-state index is 0.000859. The van der Waals surface area contributed by atoms with Gasteiger partial charge in [0.2, 0.25) is 5.91 Å². The maximum Gasteiger partial charge on any atom is 0.250 e. The van der Waals surface area contributed by atoms with E-state index >= 15 is 0 Å². The van der Waals surface area contributed by atoms with Crippen molar-refractivity contribution in [2.45, 2.75) is 45.3 Å². The average molecular weight is 487 g/mol. The molecule has 0 radical (unpaired) electrons. The molecule has 8 heteroatoms. The van der Waals surface area contributed by atoms with E-state index in [4.69, 9.17) is 4.98 Å². The molecule has 8 nitrogen and oxygen atoms in total. The molecule has 188 valence electrons. The Morgan fingerprint density at radius 2 is 1.83 bits per heavy atom. The fourth-order valence-electron chi connectivity index (χ4n) is 5.27. The summed E-state index contributed by atoms with van der Waals surface area (Å²) >= 11 is 0. The zero-order valence-electron chi connectivity index (χ0n) is 21.2. The first-order valence-electron chi connectivity index (χ1n) is 12.7. The van der Waals surface area contributed by atoms with Crippen LogP contribution in [-0.4, -0.2) is 53.1 Å². The monoisotopic (exact) mass is 486 g/mol. The van der Waals surface area contributed by atoms with Gasteiger partial charge in [0, 0.05) is 67.8 Å². The number of rotatable bonds is 5. The summed E-state index contributed by atoms with van der Waals surface area (Å²) in [6.07, 6.45) is 5.75. The van der Waals surface area contributed by atoms with Gasteiger partial charge in [-0.3, -0.25) is 14.5 Å². The summed E-state index contributed by atoms with van der Waals surface area (Å²) in [5, 5.41) is 6.29. The largest absolute Gasteiger partial charge is 0.386 e. The molecular formula is C28H34N6O2. The van der Waals surface area contributed by atoms with E-state index in [1.807, 2.05) is 57.6 Å². The van der Waals surface area contributed by atoms with Gasteiger partial charge in [-0.15, -0.1) is 0 Å². The normalized spacial score (nSPS) is 17.0. The van der Waals surface area contributed by atoms with Gasteiger partial charge in [-0.05, 0) is 50.5 Å². The molecule has 2 aliphatic rings. The lowest BCUT2D eigenvalue weighted by molar-refractivity contribution is -0.117. The third-order valence-corrected chi connectivity index (χ3v) is 7.28. The van der Waals surface area contributed by atoms with Gasteiger partial charge in [-0.25, -0.2) is 4.98 Å². The summed E-state index contributed by atoms with van der Waals surface area (Å²) in [5.41, 5.74) is 5.04. The summed E-state index contributed by atoms with van der Waals surface area (Å²) in [7, 11) is 1.89. The van der Waals surface area contributed by atoms with Crippen LogP contribution in [0.2, 0.25) is 0 Å². The third-order valence-electron chi connectivity index (χ3n) is 7.28. The number of hydrogen-bond acceptors (Lipinski definition) is 6. The number of benzene rings is 1. The molecule has 0 atom stereocenters. The van der Waals surface area contributed by atoms with E-state index in [1.165, 1.54) is 5.56 Å². The van der Waals surface area contributed by atoms with Gasteiger partial charge < -0.3 is 20.1 Å². The smallest absolute Gasteiger partial charge is 0.250 e. The average Bonchev–Trinajstić information content (AvgIpc) is 3.06. The first kappa shape index (κ1) is 24.1. The summed E-state index contributed by atoms with van der Waals surface area (Å²) < 4.78 is 1.76. The Hall–Kier alpha value is -3.65. The topological polar surface area (TPSA) is 82.5 Å². The zero-order chi connectivity index (χ0) is 25.2. The number of nitrogens with zero attached hydrogens (tertiary/aromatic N) is 4. The number of amides is 1. The number of fused-ring (bicyclic) bond motifs is 1. The van der Waals surface area contributed by atoms with Crippen LogP contribution < -0.4 is 21.1 Å². The van der Waals surface area contributed by atoms with Crippen molar-refractivity contribution in [3.8, 4) is 11.1 Å². The van der Waals surface area contributed by atoms with Crippen LogP contribution >= 0.6 is 0 Å². The van der Waals surface area contributed by atoms with E-state index in [0.29, 0.717) is 12.6 Å². The Morgan fingerprint density at radius 3 is 2.58 bits per heavy atom. The first-order chi connectivity index (χ1) is 17.4. The van der Waals surface area contributed by atoms with Crippen molar-refractivity contribution < 1.29 is 4.79 Å². The number of carbonyl (C=O) groups is 1. The van der Waals surface area contributed by atoms with Crippen LogP contribution in [0.25, 0.3) is 11.1 Å². The Balaban J connectivity index is 1.34. The Kier molecular flexibility index (Phi) is 6.78. The lowest BCUT2D eigenvalue weighted by Gasteiger charge is -2.38. The van der Waals surface area contributed by atoms with Crippen molar-refractivity contribution in [3.63, 3.8) is 0 Å². The van der Waals surface area contributed by atoms with Gasteiger partial charge in [0.05, 0.1) is 18.4 Å². The number of pyridine rings is 2. The van der Waals surface area contributed by atoms with Gasteiger partial charge in [0.25, 0.3) is 5.56 Å². The van der Waals surface area contributed by atoms with E-state index in [-0.39, 0.29) is 17.5 Å². The number of anilines is 3. The Morgan fingerprint density at radius 1 is 1.06 bits per heavy atom. The molecular weight excluding hydrogens is 452 g/mol. The quantitative estimate of drug-likeness (QED) is 0.568. The van der Waals surface area contributed by atoms with Gasteiger partial charge >= 0.3 is 0 Å². The standard InChI is InChI=1S/C28H34N6O2/c1-19(2)34-17-20(8-9-28(34)36)23-14-26(30-15-25(23)29-3)32-12-10-22(11-13-32)33-16-21-6-4-5-7-24(21)31-27(35)18-33/h4-9,14-15,17,19,22,29H,10-13,16,18H2,1-3H3,(H,31,35). The molecule has 1 fully saturated rings. The number of hydrogen-bond donors (Lipinski definition) is 2. The lowest BCUT2D eigenvalue weighted by Crippen LogP contribution is -2.46. The van der Waals surface area contributed by atoms with E-state index in [1.54, 1.807) is 10.6 Å². The fraction of sp³-hybridized carbons (Fsp3) is 0.393. The van der Waals surface area contributed by atoms with Gasteiger partial charge in [-0.2, -0.15) is 0 Å². The van der Waals surface area contributed by atoms with E-state index in [2.05, 4.69) is 32.6 Å². The number of nitrogens with one attached hydrogen (secondary N) is 2. The number of aromatic nitrogens is 2. The molecule has 1 amide bonds. The highest BCUT2D eigenvalue weighted by Crippen LogP contribution is 2.32. The summed E-state index contributed by atoms with van der Waals surface area (Å²) in [5.74, 6) is 0.989. The molecule has 5 rings (SSSR count). The molecule has 0 unspecified atom stereocenters. The van der Waals surface area contributed by atoms with Crippen molar-refractivity contribution in [2.75, 3.05) is 42.2 Å². The maximum atomic E-state index is 12.5. The molecule has 2 aromatic heterocycles. The van der Waals surface area contributed by atoms with Gasteiger partial charge in [0.15, 0.2) is 0 Å². The number of para-hydroxylation sites is 1. The minimum atomic E-state index is 0.000859. The van der Waals surface area contributed by atoms with Crippen molar-refractivity contribution >= 4 is 23.1 Å². The second kappa shape index (κ2) is 10.1. The predicted molar refractivity (Wildman–Crippen MR) is 145 cm³/mol. The van der Waals surface area contributed by atoms with Crippen LogP contribution in [0.15, 0.2) is 59.7 Å². The molecule has 4 heterocycles. The molecule has 1 aromatic carbocycles. The molecule has 0 bridgehead atoms. The molecule has 0 saturated carbocycles. The number of carbonyl (C=O) groups excluding carboxylic acids is 1. The van der Waals surface area contributed by atoms with Crippen LogP contribution in [0.1, 0.15) is 38.3 Å². The second-order valence-electron chi connectivity index (χ2n) is 9.92. The molecule has 2 aliphatic heterocycles. The molecule has 36 heavy (non-hydrogen) atoms. The Labute approximate surface area is 212 Å². The summed E-state index contributed by atoms with van der Waals surface area (Å²) in [6.45, 7) is 6.98. The highest BCUT2D eigenvalue weighted by Gasteiger charge is 2.29. The van der Waals surface area contributed by atoms with Gasteiger partial charge in [-0.1, -0.05) is 18.2 Å². The van der Waals surface area contributed by atoms with Gasteiger partial charge in [0.1, 0.15) is 5.82 Å². The van der Waals surface area contributed by atoms with E-state index in [9.17, 15) is 9.59 Å². The van der Waals surface area contributed by atoms with Crippen LogP contribution in [0, 0.1) is 0 Å². The highest BCUT2D eigenvalue weighted by atomic mass is 16.2. The third kappa shape index (κ3) is 4.86. The van der Waals surface area contributed by atoms with E-state index < -0.39 is 0 Å². The van der Waals surface area contributed by atoms with Crippen molar-refractivity contribution in [3.05, 3.63) is 70.8 Å². The van der Waals surface area contributed by atoms with Crippen LogP contribution in [0.4, 0.5) is 17.2 Å². The molecule has 1 saturated heterocycles. The van der Waals surface area contributed by atoms with Crippen molar-refractivity contribution in [1.29, 1.82) is 0 Å². The Bertz CT molecular complexity index is 1310. The fourth-order valence-corrected chi connectivity index (χ4v) is 5.27. The van der Waals surface area contributed by atoms with Crippen molar-refractivity contribution in [2.24, 2.45) is 0 Å². The highest BCUT2D eigenvalue weighted by molar-refractivity contribution is 5.93. The molecule has 0 aliphatic carbocycles.